The molecule has 4 heteroatoms. The zero-order valence-electron chi connectivity index (χ0n) is 8.31. The molecule has 1 aliphatic carbocycles. The summed E-state index contributed by atoms with van der Waals surface area (Å²) in [6.07, 6.45) is 7.58. The molecular weight excluding hydrogens is 194 g/mol. The van der Waals surface area contributed by atoms with E-state index in [-0.39, 0.29) is 5.11 Å². The maximum absolute atomic E-state index is 5.34. The van der Waals surface area contributed by atoms with E-state index in [0.717, 1.165) is 19.3 Å². The molecule has 0 aliphatic heterocycles. The van der Waals surface area contributed by atoms with Gasteiger partial charge in [-0.3, -0.25) is 5.43 Å². The SMILES string of the molecule is C=CCC1=C(NNC(N)=S)CCCC1. The minimum absolute atomic E-state index is 0.279. The summed E-state index contributed by atoms with van der Waals surface area (Å²) in [6.45, 7) is 3.75. The third-order valence-electron chi connectivity index (χ3n) is 2.31. The van der Waals surface area contributed by atoms with Gasteiger partial charge in [0.25, 0.3) is 0 Å². The first-order chi connectivity index (χ1) is 6.74. The van der Waals surface area contributed by atoms with Gasteiger partial charge in [-0.1, -0.05) is 6.08 Å². The Morgan fingerprint density at radius 2 is 2.21 bits per heavy atom. The van der Waals surface area contributed by atoms with Crippen LogP contribution < -0.4 is 16.6 Å². The lowest BCUT2D eigenvalue weighted by atomic mass is 9.94. The molecule has 0 bridgehead atoms. The highest BCUT2D eigenvalue weighted by Gasteiger charge is 2.10. The topological polar surface area (TPSA) is 50.1 Å². The molecule has 1 rings (SSSR count). The molecular formula is C10H17N3S. The maximum Gasteiger partial charge on any atom is 0.182 e. The fraction of sp³-hybridized carbons (Fsp3) is 0.500. The molecule has 0 aromatic carbocycles. The van der Waals surface area contributed by atoms with Crippen LogP contribution in [0.15, 0.2) is 23.9 Å². The number of hydrazine groups is 1. The average Bonchev–Trinajstić information content (AvgIpc) is 2.17. The molecule has 0 aromatic heterocycles. The second-order valence-corrected chi connectivity index (χ2v) is 3.84. The fourth-order valence-corrected chi connectivity index (χ4v) is 1.71. The summed E-state index contributed by atoms with van der Waals surface area (Å²) in [5.74, 6) is 0. The van der Waals surface area contributed by atoms with Gasteiger partial charge in [0.05, 0.1) is 0 Å². The number of rotatable bonds is 4. The minimum Gasteiger partial charge on any atom is -0.375 e. The molecule has 0 amide bonds. The smallest absolute Gasteiger partial charge is 0.182 e. The third kappa shape index (κ3) is 3.38. The number of nitrogens with two attached hydrogens (primary N) is 1. The van der Waals surface area contributed by atoms with Gasteiger partial charge in [-0.25, -0.2) is 0 Å². The van der Waals surface area contributed by atoms with E-state index in [9.17, 15) is 0 Å². The molecule has 0 spiro atoms. The van der Waals surface area contributed by atoms with E-state index >= 15 is 0 Å². The first kappa shape index (κ1) is 11.0. The van der Waals surface area contributed by atoms with Crippen molar-refractivity contribution < 1.29 is 0 Å². The van der Waals surface area contributed by atoms with Crippen LogP contribution in [0.4, 0.5) is 0 Å². The molecule has 3 nitrogen and oxygen atoms in total. The highest BCUT2D eigenvalue weighted by atomic mass is 32.1. The molecule has 0 saturated heterocycles. The Labute approximate surface area is 90.4 Å². The number of allylic oxidation sites excluding steroid dienone is 3. The van der Waals surface area contributed by atoms with Gasteiger partial charge in [-0.15, -0.1) is 6.58 Å². The normalized spacial score (nSPS) is 16.3. The van der Waals surface area contributed by atoms with Crippen LogP contribution in [0.25, 0.3) is 0 Å². The van der Waals surface area contributed by atoms with Crippen molar-refractivity contribution in [3.63, 3.8) is 0 Å². The largest absolute Gasteiger partial charge is 0.375 e. The van der Waals surface area contributed by atoms with E-state index in [2.05, 4.69) is 17.4 Å². The van der Waals surface area contributed by atoms with Crippen molar-refractivity contribution in [3.8, 4) is 0 Å². The lowest BCUT2D eigenvalue weighted by Gasteiger charge is -2.21. The molecule has 0 atom stereocenters. The molecule has 0 radical (unpaired) electrons. The standard InChI is InChI=1S/C10H17N3S/c1-2-5-8-6-3-4-7-9(8)12-13-10(11)14/h2,12H,1,3-7H2,(H3,11,13,14). The Morgan fingerprint density at radius 1 is 1.50 bits per heavy atom. The summed E-state index contributed by atoms with van der Waals surface area (Å²) in [6, 6.07) is 0. The molecule has 4 N–H and O–H groups in total. The Morgan fingerprint density at radius 3 is 2.86 bits per heavy atom. The van der Waals surface area contributed by atoms with E-state index in [0.29, 0.717) is 0 Å². The predicted molar refractivity (Wildman–Crippen MR) is 63.4 cm³/mol. The van der Waals surface area contributed by atoms with Crippen LogP contribution in [0.1, 0.15) is 32.1 Å². The zero-order valence-corrected chi connectivity index (χ0v) is 9.12. The lowest BCUT2D eigenvalue weighted by molar-refractivity contribution is 0.595. The summed E-state index contributed by atoms with van der Waals surface area (Å²) in [5, 5.41) is 0.279. The number of thiocarbonyl (C=S) groups is 1. The van der Waals surface area contributed by atoms with Crippen molar-refractivity contribution in [2.24, 2.45) is 5.73 Å². The molecule has 0 unspecified atom stereocenters. The Bertz CT molecular complexity index is 258. The molecule has 14 heavy (non-hydrogen) atoms. The van der Waals surface area contributed by atoms with Gasteiger partial charge in [0.1, 0.15) is 0 Å². The monoisotopic (exact) mass is 211 g/mol. The number of hydrogen-bond donors (Lipinski definition) is 3. The van der Waals surface area contributed by atoms with Crippen molar-refractivity contribution >= 4 is 17.3 Å². The van der Waals surface area contributed by atoms with Gasteiger partial charge in [-0.2, -0.15) is 0 Å². The van der Waals surface area contributed by atoms with Crippen LogP contribution in [-0.4, -0.2) is 5.11 Å². The van der Waals surface area contributed by atoms with Crippen molar-refractivity contribution in [2.75, 3.05) is 0 Å². The van der Waals surface area contributed by atoms with Crippen LogP contribution in [0, 0.1) is 0 Å². The Hall–Kier alpha value is -1.03. The van der Waals surface area contributed by atoms with Crippen LogP contribution in [0.3, 0.4) is 0 Å². The molecule has 1 aliphatic rings. The van der Waals surface area contributed by atoms with E-state index in [1.54, 1.807) is 0 Å². The van der Waals surface area contributed by atoms with E-state index in [4.69, 9.17) is 18.0 Å². The van der Waals surface area contributed by atoms with E-state index < -0.39 is 0 Å². The zero-order chi connectivity index (χ0) is 10.4. The van der Waals surface area contributed by atoms with Crippen LogP contribution in [0.2, 0.25) is 0 Å². The second-order valence-electron chi connectivity index (χ2n) is 3.40. The van der Waals surface area contributed by atoms with E-state index in [1.807, 2.05) is 6.08 Å². The Kier molecular flexibility index (Phi) is 4.46. The number of nitrogens with one attached hydrogen (secondary N) is 2. The summed E-state index contributed by atoms with van der Waals surface area (Å²) in [4.78, 5) is 0. The van der Waals surface area contributed by atoms with Gasteiger partial charge in [0.2, 0.25) is 0 Å². The predicted octanol–water partition coefficient (Wildman–Crippen LogP) is 1.73. The summed E-state index contributed by atoms with van der Waals surface area (Å²) < 4.78 is 0. The van der Waals surface area contributed by atoms with Gasteiger partial charge < -0.3 is 11.2 Å². The highest BCUT2D eigenvalue weighted by Crippen LogP contribution is 2.24. The van der Waals surface area contributed by atoms with Crippen molar-refractivity contribution in [2.45, 2.75) is 32.1 Å². The average molecular weight is 211 g/mol. The molecule has 0 aromatic rings. The van der Waals surface area contributed by atoms with Crippen molar-refractivity contribution in [1.82, 2.24) is 10.9 Å². The third-order valence-corrected chi connectivity index (χ3v) is 2.41. The second kappa shape index (κ2) is 5.65. The highest BCUT2D eigenvalue weighted by molar-refractivity contribution is 7.80. The molecule has 0 fully saturated rings. The summed E-state index contributed by atoms with van der Waals surface area (Å²) in [5.41, 5.74) is 13.8. The molecule has 0 saturated carbocycles. The number of hydrogen-bond acceptors (Lipinski definition) is 2. The summed E-state index contributed by atoms with van der Waals surface area (Å²) in [7, 11) is 0. The lowest BCUT2D eigenvalue weighted by Crippen LogP contribution is -2.41. The van der Waals surface area contributed by atoms with Crippen LogP contribution in [0.5, 0.6) is 0 Å². The van der Waals surface area contributed by atoms with Gasteiger partial charge >= 0.3 is 0 Å². The quantitative estimate of drug-likeness (QED) is 0.376. The van der Waals surface area contributed by atoms with Crippen molar-refractivity contribution in [3.05, 3.63) is 23.9 Å². The fourth-order valence-electron chi connectivity index (χ4n) is 1.66. The minimum atomic E-state index is 0.279. The summed E-state index contributed by atoms with van der Waals surface area (Å²) >= 11 is 4.73. The van der Waals surface area contributed by atoms with Gasteiger partial charge in [-0.05, 0) is 49.9 Å². The van der Waals surface area contributed by atoms with Gasteiger partial charge in [0.15, 0.2) is 5.11 Å². The van der Waals surface area contributed by atoms with Crippen LogP contribution in [-0.2, 0) is 0 Å². The Balaban J connectivity index is 2.57. The van der Waals surface area contributed by atoms with Gasteiger partial charge in [0, 0.05) is 5.70 Å². The maximum atomic E-state index is 5.34. The van der Waals surface area contributed by atoms with Crippen LogP contribution >= 0.6 is 12.2 Å². The van der Waals surface area contributed by atoms with E-state index in [1.165, 1.54) is 24.1 Å². The molecule has 0 heterocycles. The van der Waals surface area contributed by atoms with Crippen molar-refractivity contribution in [1.29, 1.82) is 0 Å². The first-order valence-corrected chi connectivity index (χ1v) is 5.28. The molecule has 78 valence electrons. The first-order valence-electron chi connectivity index (χ1n) is 4.87.